The van der Waals surface area contributed by atoms with Crippen LogP contribution in [-0.4, -0.2) is 28.3 Å². The number of nitrogens with one attached hydrogen (secondary N) is 1. The first-order chi connectivity index (χ1) is 11.9. The lowest BCUT2D eigenvalue weighted by atomic mass is 10.1. The Kier molecular flexibility index (Phi) is 5.63. The van der Waals surface area contributed by atoms with Crippen molar-refractivity contribution in [1.29, 1.82) is 5.26 Å². The fraction of sp³-hybridized carbons (Fsp3) is 0.235. The number of nitrogens with zero attached hydrogens (tertiary/aromatic N) is 2. The largest absolute Gasteiger partial charge is 0.457 e. The number of allylic oxidation sites excluding steroid dienone is 1. The third kappa shape index (κ3) is 4.51. The number of aromatic nitrogens is 2. The molecule has 8 heteroatoms. The predicted octanol–water partition coefficient (Wildman–Crippen LogP) is 0.724. The van der Waals surface area contributed by atoms with Gasteiger partial charge in [0.05, 0.1) is 17.3 Å². The number of hydrogen-bond acceptors (Lipinski definition) is 7. The first kappa shape index (κ1) is 17.9. The number of fused-ring (bicyclic) bond motifs is 1. The van der Waals surface area contributed by atoms with Crippen LogP contribution < -0.4 is 11.3 Å². The van der Waals surface area contributed by atoms with Crippen LogP contribution in [0.5, 0.6) is 0 Å². The maximum absolute atomic E-state index is 11.9. The molecule has 0 spiro atoms. The second-order valence-electron chi connectivity index (χ2n) is 5.28. The molecule has 0 radical (unpaired) electrons. The number of aromatic amines is 1. The fourth-order valence-corrected chi connectivity index (χ4v) is 2.13. The van der Waals surface area contributed by atoms with Crippen LogP contribution in [-0.2, 0) is 20.7 Å². The van der Waals surface area contributed by atoms with E-state index >= 15 is 0 Å². The number of nitriles is 1. The summed E-state index contributed by atoms with van der Waals surface area (Å²) in [5, 5.41) is 9.27. The molecule has 0 aliphatic rings. The highest BCUT2D eigenvalue weighted by Crippen LogP contribution is 2.07. The number of esters is 1. The maximum atomic E-state index is 11.9. The molecule has 0 aliphatic carbocycles. The smallest absolute Gasteiger partial charge is 0.306 e. The van der Waals surface area contributed by atoms with E-state index in [2.05, 4.69) is 9.97 Å². The van der Waals surface area contributed by atoms with Crippen molar-refractivity contribution in [2.24, 2.45) is 5.73 Å². The van der Waals surface area contributed by atoms with Gasteiger partial charge in [-0.25, -0.2) is 4.98 Å². The lowest BCUT2D eigenvalue weighted by Crippen LogP contribution is -2.18. The molecular formula is C17H16N4O4. The average Bonchev–Trinajstić information content (AvgIpc) is 2.58. The summed E-state index contributed by atoms with van der Waals surface area (Å²) in [6.07, 6.45) is 0.0890. The van der Waals surface area contributed by atoms with Crippen molar-refractivity contribution in [3.05, 3.63) is 51.7 Å². The van der Waals surface area contributed by atoms with Gasteiger partial charge in [0.25, 0.3) is 5.56 Å². The average molecular weight is 340 g/mol. The van der Waals surface area contributed by atoms with Crippen LogP contribution in [0.4, 0.5) is 0 Å². The van der Waals surface area contributed by atoms with Crippen LogP contribution in [0.15, 0.2) is 40.3 Å². The number of ether oxygens (including phenoxy) is 1. The third-order valence-electron chi connectivity index (χ3n) is 3.38. The van der Waals surface area contributed by atoms with E-state index in [9.17, 15) is 14.4 Å². The summed E-state index contributed by atoms with van der Waals surface area (Å²) in [7, 11) is 0. The van der Waals surface area contributed by atoms with E-state index in [0.717, 1.165) is 0 Å². The Morgan fingerprint density at radius 3 is 2.76 bits per heavy atom. The molecule has 0 amide bonds. The number of hydrogen-bond donors (Lipinski definition) is 2. The summed E-state index contributed by atoms with van der Waals surface area (Å²) >= 11 is 0. The highest BCUT2D eigenvalue weighted by Gasteiger charge is 2.14. The van der Waals surface area contributed by atoms with E-state index in [1.807, 2.05) is 0 Å². The molecule has 0 saturated carbocycles. The summed E-state index contributed by atoms with van der Waals surface area (Å²) in [5.74, 6) is -0.952. The number of Topliss-reactive ketones (excluding diaryl/α,β-unsaturated/α-hetero) is 1. The number of carbonyl (C=O) groups is 2. The first-order valence-electron chi connectivity index (χ1n) is 7.45. The molecule has 128 valence electrons. The van der Waals surface area contributed by atoms with E-state index in [-0.39, 0.29) is 29.7 Å². The molecule has 3 N–H and O–H groups in total. The van der Waals surface area contributed by atoms with E-state index < -0.39 is 18.4 Å². The van der Waals surface area contributed by atoms with Crippen LogP contribution in [0.3, 0.4) is 0 Å². The van der Waals surface area contributed by atoms with Gasteiger partial charge in [0.15, 0.2) is 6.61 Å². The number of nitrogens with two attached hydrogens (primary N) is 1. The molecule has 2 rings (SSSR count). The Morgan fingerprint density at radius 2 is 2.08 bits per heavy atom. The van der Waals surface area contributed by atoms with E-state index in [4.69, 9.17) is 15.7 Å². The van der Waals surface area contributed by atoms with Gasteiger partial charge in [-0.15, -0.1) is 0 Å². The monoisotopic (exact) mass is 340 g/mol. The van der Waals surface area contributed by atoms with Crippen molar-refractivity contribution >= 4 is 22.7 Å². The van der Waals surface area contributed by atoms with Crippen molar-refractivity contribution in [1.82, 2.24) is 9.97 Å². The molecule has 0 unspecified atom stereocenters. The number of ketones is 1. The van der Waals surface area contributed by atoms with Gasteiger partial charge in [-0.2, -0.15) is 5.26 Å². The van der Waals surface area contributed by atoms with Crippen molar-refractivity contribution in [3.8, 4) is 6.07 Å². The highest BCUT2D eigenvalue weighted by atomic mass is 16.5. The van der Waals surface area contributed by atoms with Crippen molar-refractivity contribution in [2.75, 3.05) is 6.61 Å². The molecule has 25 heavy (non-hydrogen) atoms. The Bertz CT molecular complexity index is 949. The predicted molar refractivity (Wildman–Crippen MR) is 89.2 cm³/mol. The number of aryl methyl sites for hydroxylation is 1. The molecule has 8 nitrogen and oxygen atoms in total. The molecule has 1 heterocycles. The van der Waals surface area contributed by atoms with E-state index in [1.54, 1.807) is 30.3 Å². The molecule has 1 aromatic heterocycles. The van der Waals surface area contributed by atoms with Gasteiger partial charge in [0, 0.05) is 12.1 Å². The highest BCUT2D eigenvalue weighted by molar-refractivity contribution is 6.01. The van der Waals surface area contributed by atoms with Crippen molar-refractivity contribution in [3.63, 3.8) is 0 Å². The summed E-state index contributed by atoms with van der Waals surface area (Å²) in [6, 6.07) is 8.53. The normalized spacial score (nSPS) is 11.5. The Balaban J connectivity index is 1.95. The topological polar surface area (TPSA) is 139 Å². The quantitative estimate of drug-likeness (QED) is 0.449. The lowest BCUT2D eigenvalue weighted by molar-refractivity contribution is -0.147. The summed E-state index contributed by atoms with van der Waals surface area (Å²) in [4.78, 5) is 42.2. The second-order valence-corrected chi connectivity index (χ2v) is 5.28. The van der Waals surface area contributed by atoms with Gasteiger partial charge in [-0.3, -0.25) is 14.4 Å². The fourth-order valence-electron chi connectivity index (χ4n) is 2.13. The van der Waals surface area contributed by atoms with Crippen LogP contribution in [0.25, 0.3) is 10.9 Å². The summed E-state index contributed by atoms with van der Waals surface area (Å²) in [6.45, 7) is 0.859. The van der Waals surface area contributed by atoms with Gasteiger partial charge in [0.2, 0.25) is 5.78 Å². The molecule has 2 aromatic rings. The van der Waals surface area contributed by atoms with Crippen molar-refractivity contribution in [2.45, 2.75) is 19.8 Å². The molecule has 1 aromatic carbocycles. The SMILES string of the molecule is C/C(N)=C(\C#N)C(=O)COC(=O)CCc1nc2ccccc2c(=O)[nH]1. The zero-order chi connectivity index (χ0) is 18.4. The van der Waals surface area contributed by atoms with Crippen LogP contribution in [0.1, 0.15) is 19.2 Å². The molecule has 0 bridgehead atoms. The summed E-state index contributed by atoms with van der Waals surface area (Å²) < 4.78 is 4.83. The maximum Gasteiger partial charge on any atom is 0.306 e. The molecule has 0 atom stereocenters. The minimum atomic E-state index is -0.659. The third-order valence-corrected chi connectivity index (χ3v) is 3.38. The Labute approximate surface area is 142 Å². The van der Waals surface area contributed by atoms with E-state index in [0.29, 0.717) is 16.7 Å². The number of H-pyrrole nitrogens is 1. The van der Waals surface area contributed by atoms with Crippen LogP contribution in [0.2, 0.25) is 0 Å². The van der Waals surface area contributed by atoms with Gasteiger partial charge in [0.1, 0.15) is 17.5 Å². The van der Waals surface area contributed by atoms with Crippen LogP contribution in [0, 0.1) is 11.3 Å². The number of benzene rings is 1. The van der Waals surface area contributed by atoms with E-state index in [1.165, 1.54) is 6.92 Å². The number of rotatable bonds is 6. The standard InChI is InChI=1S/C17H16N4O4/c1-10(19)12(8-18)14(22)9-25-16(23)7-6-15-20-13-5-3-2-4-11(13)17(24)21-15/h2-5H,6-7,9,19H2,1H3,(H,20,21,24)/b12-10-. The summed E-state index contributed by atoms with van der Waals surface area (Å²) in [5.41, 5.74) is 5.49. The van der Waals surface area contributed by atoms with Gasteiger partial charge in [-0.1, -0.05) is 12.1 Å². The van der Waals surface area contributed by atoms with Gasteiger partial charge in [-0.05, 0) is 19.1 Å². The second kappa shape index (κ2) is 7.88. The van der Waals surface area contributed by atoms with Crippen molar-refractivity contribution < 1.29 is 14.3 Å². The molecule has 0 aliphatic heterocycles. The lowest BCUT2D eigenvalue weighted by Gasteiger charge is -2.05. The Hall–Kier alpha value is -3.47. The number of para-hydroxylation sites is 1. The zero-order valence-corrected chi connectivity index (χ0v) is 13.5. The van der Waals surface area contributed by atoms with Crippen LogP contribution >= 0.6 is 0 Å². The first-order valence-corrected chi connectivity index (χ1v) is 7.45. The van der Waals surface area contributed by atoms with Gasteiger partial charge >= 0.3 is 5.97 Å². The minimum absolute atomic E-state index is 0.0677. The molecular weight excluding hydrogens is 324 g/mol. The van der Waals surface area contributed by atoms with Gasteiger partial charge < -0.3 is 15.5 Å². The number of carbonyl (C=O) groups excluding carboxylic acids is 2. The minimum Gasteiger partial charge on any atom is -0.457 e. The molecule has 0 saturated heterocycles. The molecule has 0 fully saturated rings. The zero-order valence-electron chi connectivity index (χ0n) is 13.5. The Morgan fingerprint density at radius 1 is 1.36 bits per heavy atom.